The van der Waals surface area contributed by atoms with Crippen molar-refractivity contribution in [1.29, 1.82) is 0 Å². The van der Waals surface area contributed by atoms with Crippen LogP contribution in [0.25, 0.3) is 0 Å². The van der Waals surface area contributed by atoms with E-state index in [9.17, 15) is 27.9 Å². The molecule has 1 rings (SSSR count). The van der Waals surface area contributed by atoms with Crippen molar-refractivity contribution in [2.75, 3.05) is 12.4 Å². The molecule has 1 fully saturated rings. The number of carbonyl (C=O) groups excluding carboxylic acids is 4. The topological polar surface area (TPSA) is 152 Å². The van der Waals surface area contributed by atoms with E-state index in [4.69, 9.17) is 23.7 Å². The number of ether oxygens (including phenoxy) is 5. The molecule has 0 spiro atoms. The van der Waals surface area contributed by atoms with Crippen LogP contribution in [0, 0.1) is 0 Å². The SMILES string of the molecule is CC(=O)OC[C@H]1O[C@H](CS(=O)(O)=S)[C@@H](OC(C)=O)[C@@H](OC(C)=O)[C@@H]1OC(C)=O. The van der Waals surface area contributed by atoms with Crippen molar-refractivity contribution in [1.82, 2.24) is 0 Å². The minimum atomic E-state index is -3.78. The van der Waals surface area contributed by atoms with E-state index in [1.807, 2.05) is 0 Å². The van der Waals surface area contributed by atoms with E-state index in [1.54, 1.807) is 0 Å². The van der Waals surface area contributed by atoms with Crippen molar-refractivity contribution in [2.45, 2.75) is 58.2 Å². The lowest BCUT2D eigenvalue weighted by molar-refractivity contribution is -0.248. The van der Waals surface area contributed by atoms with Gasteiger partial charge in [-0.2, -0.15) is 0 Å². The average molecular weight is 442 g/mol. The molecule has 1 saturated heterocycles. The van der Waals surface area contributed by atoms with Gasteiger partial charge in [-0.05, 0) is 0 Å². The summed E-state index contributed by atoms with van der Waals surface area (Å²) >= 11 is 4.49. The Morgan fingerprint density at radius 1 is 0.857 bits per heavy atom. The summed E-state index contributed by atoms with van der Waals surface area (Å²) in [6.07, 6.45) is -6.57. The van der Waals surface area contributed by atoms with E-state index in [2.05, 4.69) is 11.2 Å². The normalized spacial score (nSPS) is 29.1. The van der Waals surface area contributed by atoms with Gasteiger partial charge in [0.05, 0.1) is 5.75 Å². The third-order valence-electron chi connectivity index (χ3n) is 3.46. The van der Waals surface area contributed by atoms with Gasteiger partial charge in [0.1, 0.15) is 27.6 Å². The van der Waals surface area contributed by atoms with Gasteiger partial charge in [-0.1, -0.05) is 0 Å². The first-order valence-electron chi connectivity index (χ1n) is 8.05. The molecule has 28 heavy (non-hydrogen) atoms. The highest BCUT2D eigenvalue weighted by Crippen LogP contribution is 2.30. The van der Waals surface area contributed by atoms with Gasteiger partial charge in [-0.25, -0.2) is 4.21 Å². The molecule has 160 valence electrons. The number of rotatable bonds is 7. The number of hydrogen-bond acceptors (Lipinski definition) is 11. The zero-order valence-corrected chi connectivity index (χ0v) is 17.3. The van der Waals surface area contributed by atoms with E-state index in [-0.39, 0.29) is 0 Å². The predicted octanol–water partition coefficient (Wildman–Crippen LogP) is -0.669. The Balaban J connectivity index is 3.36. The highest BCUT2D eigenvalue weighted by molar-refractivity contribution is 8.29. The smallest absolute Gasteiger partial charge is 0.303 e. The van der Waals surface area contributed by atoms with E-state index in [0.29, 0.717) is 0 Å². The molecule has 0 bridgehead atoms. The third-order valence-corrected chi connectivity index (χ3v) is 4.62. The quantitative estimate of drug-likeness (QED) is 0.393. The molecule has 0 aromatic rings. The van der Waals surface area contributed by atoms with E-state index < -0.39 is 75.5 Å². The Morgan fingerprint density at radius 2 is 1.29 bits per heavy atom. The molecule has 0 aromatic carbocycles. The second-order valence-corrected chi connectivity index (χ2v) is 9.05. The van der Waals surface area contributed by atoms with Crippen molar-refractivity contribution in [3.8, 4) is 0 Å². The second-order valence-electron chi connectivity index (χ2n) is 5.99. The summed E-state index contributed by atoms with van der Waals surface area (Å²) in [6, 6.07) is 0. The molecule has 6 atom stereocenters. The molecule has 1 N–H and O–H groups in total. The largest absolute Gasteiger partial charge is 0.463 e. The van der Waals surface area contributed by atoms with Crippen LogP contribution in [0.4, 0.5) is 0 Å². The fourth-order valence-electron chi connectivity index (χ4n) is 2.66. The maximum absolute atomic E-state index is 11.7. The lowest BCUT2D eigenvalue weighted by Gasteiger charge is -2.44. The summed E-state index contributed by atoms with van der Waals surface area (Å²) in [5.41, 5.74) is 0. The van der Waals surface area contributed by atoms with Crippen molar-refractivity contribution in [2.24, 2.45) is 0 Å². The molecule has 1 aliphatic heterocycles. The van der Waals surface area contributed by atoms with Crippen LogP contribution >= 0.6 is 0 Å². The minimum Gasteiger partial charge on any atom is -0.463 e. The Morgan fingerprint density at radius 3 is 1.68 bits per heavy atom. The lowest BCUT2D eigenvalue weighted by Crippen LogP contribution is -2.63. The summed E-state index contributed by atoms with van der Waals surface area (Å²) in [5, 5.41) is 0. The maximum atomic E-state index is 11.7. The lowest BCUT2D eigenvalue weighted by atomic mass is 9.95. The van der Waals surface area contributed by atoms with Gasteiger partial charge in [0.25, 0.3) is 0 Å². The highest BCUT2D eigenvalue weighted by atomic mass is 32.8. The zero-order chi connectivity index (χ0) is 21.6. The number of hydrogen-bond donors (Lipinski definition) is 1. The van der Waals surface area contributed by atoms with Gasteiger partial charge < -0.3 is 28.2 Å². The highest BCUT2D eigenvalue weighted by Gasteiger charge is 2.52. The van der Waals surface area contributed by atoms with Crippen LogP contribution in [0.15, 0.2) is 0 Å². The molecule has 0 aromatic heterocycles. The Kier molecular flexibility index (Phi) is 8.73. The van der Waals surface area contributed by atoms with Crippen LogP contribution in [0.5, 0.6) is 0 Å². The Labute approximate surface area is 166 Å². The summed E-state index contributed by atoms with van der Waals surface area (Å²) in [7, 11) is -3.78. The minimum absolute atomic E-state index is 0.418. The van der Waals surface area contributed by atoms with Crippen molar-refractivity contribution >= 4 is 43.8 Å². The molecule has 11 nitrogen and oxygen atoms in total. The first kappa shape index (κ1) is 24.2. The summed E-state index contributed by atoms with van der Waals surface area (Å²) in [6.45, 7) is 3.94. The van der Waals surface area contributed by atoms with E-state index in [1.165, 1.54) is 0 Å². The molecule has 1 unspecified atom stereocenters. The Hall–Kier alpha value is -1.83. The molecular formula is C15H22O11S2. The third kappa shape index (κ3) is 8.04. The molecule has 0 radical (unpaired) electrons. The first-order valence-corrected chi connectivity index (χ1v) is 10.7. The van der Waals surface area contributed by atoms with Crippen LogP contribution < -0.4 is 0 Å². The monoisotopic (exact) mass is 442 g/mol. The van der Waals surface area contributed by atoms with Gasteiger partial charge in [0.15, 0.2) is 18.3 Å². The van der Waals surface area contributed by atoms with Crippen molar-refractivity contribution in [3.05, 3.63) is 0 Å². The fraction of sp³-hybridized carbons (Fsp3) is 0.733. The standard InChI is InChI=1S/C15H22O11S2/c1-7(16)22-5-11-13(23-8(2)17)15(25-10(4)19)14(24-9(3)18)12(26-11)6-28(20,21)27/h11-15H,5-6H2,1-4H3,(H,20,21,27)/t11-,12-,13-,14-,15+/m1/s1. The molecule has 1 heterocycles. The van der Waals surface area contributed by atoms with Crippen LogP contribution in [0.3, 0.4) is 0 Å². The van der Waals surface area contributed by atoms with Crippen molar-refractivity contribution in [3.63, 3.8) is 0 Å². The molecule has 13 heteroatoms. The second kappa shape index (κ2) is 10.1. The van der Waals surface area contributed by atoms with E-state index >= 15 is 0 Å². The molecule has 0 aliphatic carbocycles. The predicted molar refractivity (Wildman–Crippen MR) is 95.0 cm³/mol. The maximum Gasteiger partial charge on any atom is 0.303 e. The summed E-state index contributed by atoms with van der Waals surface area (Å²) in [4.78, 5) is 45.8. The van der Waals surface area contributed by atoms with Gasteiger partial charge in [0, 0.05) is 38.9 Å². The molecule has 1 aliphatic rings. The van der Waals surface area contributed by atoms with Gasteiger partial charge in [0.2, 0.25) is 0 Å². The zero-order valence-electron chi connectivity index (χ0n) is 15.6. The van der Waals surface area contributed by atoms with Gasteiger partial charge in [-0.3, -0.25) is 19.2 Å². The fourth-order valence-corrected chi connectivity index (χ4v) is 3.75. The van der Waals surface area contributed by atoms with Crippen LogP contribution in [-0.2, 0) is 62.8 Å². The van der Waals surface area contributed by atoms with Crippen molar-refractivity contribution < 1.29 is 51.6 Å². The van der Waals surface area contributed by atoms with Crippen LogP contribution in [0.1, 0.15) is 27.7 Å². The van der Waals surface area contributed by atoms with Gasteiger partial charge >= 0.3 is 23.9 Å². The summed E-state index contributed by atoms with van der Waals surface area (Å²) in [5.74, 6) is -3.68. The van der Waals surface area contributed by atoms with Crippen LogP contribution in [-0.4, -0.2) is 75.5 Å². The molecular weight excluding hydrogens is 420 g/mol. The van der Waals surface area contributed by atoms with Crippen LogP contribution in [0.2, 0.25) is 0 Å². The first-order chi connectivity index (χ1) is 12.8. The average Bonchev–Trinajstić information content (AvgIpc) is 2.48. The molecule has 0 saturated carbocycles. The van der Waals surface area contributed by atoms with E-state index in [0.717, 1.165) is 27.7 Å². The number of carbonyl (C=O) groups is 4. The summed E-state index contributed by atoms with van der Waals surface area (Å²) < 4.78 is 47.2. The molecule has 0 amide bonds. The van der Waals surface area contributed by atoms with Gasteiger partial charge in [-0.15, -0.1) is 0 Å². The Bertz CT molecular complexity index is 717. The number of esters is 4.